The highest BCUT2D eigenvalue weighted by molar-refractivity contribution is 5.41. The number of nitrogens with zero attached hydrogens (tertiary/aromatic N) is 2. The molecule has 1 fully saturated rings. The van der Waals surface area contributed by atoms with Crippen LogP contribution in [0.1, 0.15) is 42.8 Å². The molecule has 5 heteroatoms. The normalized spacial score (nSPS) is 18.7. The summed E-state index contributed by atoms with van der Waals surface area (Å²) < 4.78 is 10.7. The zero-order chi connectivity index (χ0) is 15.5. The Labute approximate surface area is 130 Å². The van der Waals surface area contributed by atoms with E-state index in [1.165, 1.54) is 0 Å². The second kappa shape index (κ2) is 6.40. The Balaban J connectivity index is 1.76. The lowest BCUT2D eigenvalue weighted by atomic mass is 10.1. The lowest BCUT2D eigenvalue weighted by Crippen LogP contribution is -2.22. The summed E-state index contributed by atoms with van der Waals surface area (Å²) in [6, 6.07) is 7.87. The van der Waals surface area contributed by atoms with Crippen molar-refractivity contribution < 1.29 is 14.4 Å². The number of likely N-dealkylation sites (tertiary alicyclic amines) is 1. The number of aryl methyl sites for hydroxylation is 1. The number of ether oxygens (including phenoxy) is 1. The predicted molar refractivity (Wildman–Crippen MR) is 82.9 cm³/mol. The van der Waals surface area contributed by atoms with E-state index in [0.717, 1.165) is 49.4 Å². The van der Waals surface area contributed by atoms with Gasteiger partial charge in [0, 0.05) is 12.6 Å². The van der Waals surface area contributed by atoms with Gasteiger partial charge in [-0.2, -0.15) is 0 Å². The Morgan fingerprint density at radius 3 is 3.00 bits per heavy atom. The van der Waals surface area contributed by atoms with E-state index in [-0.39, 0.29) is 11.8 Å². The van der Waals surface area contributed by atoms with Crippen LogP contribution in [0.2, 0.25) is 0 Å². The number of phenols is 1. The molecule has 0 spiro atoms. The molecule has 1 aromatic heterocycles. The molecule has 1 N–H and O–H groups in total. The highest BCUT2D eigenvalue weighted by Gasteiger charge is 2.29. The molecule has 1 saturated heterocycles. The van der Waals surface area contributed by atoms with Crippen LogP contribution in [0.5, 0.6) is 11.5 Å². The van der Waals surface area contributed by atoms with Gasteiger partial charge in [-0.15, -0.1) is 0 Å². The molecule has 1 aliphatic heterocycles. The number of phenolic OH excluding ortho intramolecular Hbond substituents is 1. The van der Waals surface area contributed by atoms with Gasteiger partial charge in [0.2, 0.25) is 0 Å². The summed E-state index contributed by atoms with van der Waals surface area (Å²) in [5, 5.41) is 13.8. The van der Waals surface area contributed by atoms with Gasteiger partial charge >= 0.3 is 0 Å². The second-order valence-corrected chi connectivity index (χ2v) is 5.71. The summed E-state index contributed by atoms with van der Waals surface area (Å²) in [5.41, 5.74) is 2.13. The van der Waals surface area contributed by atoms with Crippen LogP contribution in [-0.2, 0) is 13.0 Å². The molecule has 1 atom stereocenters. The predicted octanol–water partition coefficient (Wildman–Crippen LogP) is 3.29. The monoisotopic (exact) mass is 302 g/mol. The molecule has 5 nitrogen and oxygen atoms in total. The number of methoxy groups -OCH3 is 1. The van der Waals surface area contributed by atoms with E-state index in [2.05, 4.69) is 23.0 Å². The van der Waals surface area contributed by atoms with Crippen molar-refractivity contribution in [2.45, 2.75) is 38.8 Å². The van der Waals surface area contributed by atoms with Crippen molar-refractivity contribution in [3.05, 3.63) is 41.3 Å². The molecular weight excluding hydrogens is 280 g/mol. The van der Waals surface area contributed by atoms with Gasteiger partial charge in [-0.1, -0.05) is 18.1 Å². The second-order valence-electron chi connectivity index (χ2n) is 5.71. The van der Waals surface area contributed by atoms with Gasteiger partial charge in [-0.25, -0.2) is 0 Å². The SMILES string of the molecule is CCc1cc([C@H]2CCCN2Cc2ccc(O)c(OC)c2)on1. The number of aromatic nitrogens is 1. The van der Waals surface area contributed by atoms with E-state index >= 15 is 0 Å². The van der Waals surface area contributed by atoms with Crippen LogP contribution in [-0.4, -0.2) is 28.8 Å². The fraction of sp³-hybridized carbons (Fsp3) is 0.471. The molecule has 2 heterocycles. The van der Waals surface area contributed by atoms with Crippen molar-refractivity contribution in [1.82, 2.24) is 10.1 Å². The molecule has 0 radical (unpaired) electrons. The molecule has 3 rings (SSSR count). The van der Waals surface area contributed by atoms with E-state index in [1.54, 1.807) is 13.2 Å². The Morgan fingerprint density at radius 2 is 2.27 bits per heavy atom. The van der Waals surface area contributed by atoms with E-state index < -0.39 is 0 Å². The molecular formula is C17H22N2O3. The van der Waals surface area contributed by atoms with Gasteiger partial charge in [-0.3, -0.25) is 4.90 Å². The molecule has 1 aliphatic rings. The van der Waals surface area contributed by atoms with Gasteiger partial charge in [0.1, 0.15) is 0 Å². The van der Waals surface area contributed by atoms with Crippen molar-refractivity contribution >= 4 is 0 Å². The third-order valence-corrected chi connectivity index (χ3v) is 4.26. The summed E-state index contributed by atoms with van der Waals surface area (Å²) in [5.74, 6) is 1.65. The molecule has 0 unspecified atom stereocenters. The zero-order valence-corrected chi connectivity index (χ0v) is 13.1. The zero-order valence-electron chi connectivity index (χ0n) is 13.1. The van der Waals surface area contributed by atoms with Gasteiger partial charge in [0.25, 0.3) is 0 Å². The Hall–Kier alpha value is -2.01. The average Bonchev–Trinajstić information content (AvgIpc) is 3.17. The Morgan fingerprint density at radius 1 is 1.41 bits per heavy atom. The highest BCUT2D eigenvalue weighted by Crippen LogP contribution is 2.35. The minimum atomic E-state index is 0.173. The van der Waals surface area contributed by atoms with Crippen molar-refractivity contribution in [2.24, 2.45) is 0 Å². The highest BCUT2D eigenvalue weighted by atomic mass is 16.5. The van der Waals surface area contributed by atoms with Crippen LogP contribution in [0.3, 0.4) is 0 Å². The largest absolute Gasteiger partial charge is 0.504 e. The molecule has 0 saturated carbocycles. The van der Waals surface area contributed by atoms with Crippen molar-refractivity contribution in [3.8, 4) is 11.5 Å². The quantitative estimate of drug-likeness (QED) is 0.918. The fourth-order valence-corrected chi connectivity index (χ4v) is 3.04. The Kier molecular flexibility index (Phi) is 4.34. The fourth-order valence-electron chi connectivity index (χ4n) is 3.04. The van der Waals surface area contributed by atoms with E-state index in [0.29, 0.717) is 5.75 Å². The first-order valence-corrected chi connectivity index (χ1v) is 7.76. The summed E-state index contributed by atoms with van der Waals surface area (Å²) in [6.45, 7) is 3.93. The third kappa shape index (κ3) is 2.95. The minimum absolute atomic E-state index is 0.173. The first kappa shape index (κ1) is 14.9. The molecule has 0 aliphatic carbocycles. The summed E-state index contributed by atoms with van der Waals surface area (Å²) >= 11 is 0. The standard InChI is InChI=1S/C17H22N2O3/c1-3-13-10-16(22-18-13)14-5-4-8-19(14)11-12-6-7-15(20)17(9-12)21-2/h6-7,9-10,14,20H,3-5,8,11H2,1-2H3/t14-/m1/s1. The van der Waals surface area contributed by atoms with Crippen LogP contribution in [0.15, 0.2) is 28.8 Å². The smallest absolute Gasteiger partial charge is 0.160 e. The molecule has 1 aromatic carbocycles. The molecule has 2 aromatic rings. The van der Waals surface area contributed by atoms with E-state index in [4.69, 9.17) is 9.26 Å². The van der Waals surface area contributed by atoms with E-state index in [1.807, 2.05) is 12.1 Å². The van der Waals surface area contributed by atoms with Crippen LogP contribution < -0.4 is 4.74 Å². The topological polar surface area (TPSA) is 58.7 Å². The summed E-state index contributed by atoms with van der Waals surface area (Å²) in [7, 11) is 1.57. The van der Waals surface area contributed by atoms with Gasteiger partial charge in [0.15, 0.2) is 17.3 Å². The van der Waals surface area contributed by atoms with Crippen LogP contribution in [0, 0.1) is 0 Å². The van der Waals surface area contributed by atoms with Crippen molar-refractivity contribution in [2.75, 3.05) is 13.7 Å². The minimum Gasteiger partial charge on any atom is -0.504 e. The van der Waals surface area contributed by atoms with Gasteiger partial charge in [-0.05, 0) is 43.5 Å². The average molecular weight is 302 g/mol. The maximum absolute atomic E-state index is 9.69. The molecule has 118 valence electrons. The number of hydrogen-bond donors (Lipinski definition) is 1. The van der Waals surface area contributed by atoms with Crippen LogP contribution >= 0.6 is 0 Å². The van der Waals surface area contributed by atoms with Crippen molar-refractivity contribution in [3.63, 3.8) is 0 Å². The van der Waals surface area contributed by atoms with Crippen molar-refractivity contribution in [1.29, 1.82) is 0 Å². The number of rotatable bonds is 5. The Bertz CT molecular complexity index is 639. The maximum atomic E-state index is 9.69. The van der Waals surface area contributed by atoms with Crippen LogP contribution in [0.4, 0.5) is 0 Å². The molecule has 0 bridgehead atoms. The lowest BCUT2D eigenvalue weighted by Gasteiger charge is -2.22. The summed E-state index contributed by atoms with van der Waals surface area (Å²) in [6.07, 6.45) is 3.14. The maximum Gasteiger partial charge on any atom is 0.160 e. The van der Waals surface area contributed by atoms with Crippen LogP contribution in [0.25, 0.3) is 0 Å². The third-order valence-electron chi connectivity index (χ3n) is 4.26. The lowest BCUT2D eigenvalue weighted by molar-refractivity contribution is 0.206. The number of benzene rings is 1. The molecule has 22 heavy (non-hydrogen) atoms. The first-order valence-electron chi connectivity index (χ1n) is 7.76. The first-order chi connectivity index (χ1) is 10.7. The van der Waals surface area contributed by atoms with Gasteiger partial charge < -0.3 is 14.4 Å². The summed E-state index contributed by atoms with van der Waals surface area (Å²) in [4.78, 5) is 2.39. The number of hydrogen-bond acceptors (Lipinski definition) is 5. The van der Waals surface area contributed by atoms with Gasteiger partial charge in [0.05, 0.1) is 18.8 Å². The molecule has 0 amide bonds. The number of aromatic hydroxyl groups is 1. The van der Waals surface area contributed by atoms with E-state index in [9.17, 15) is 5.11 Å².